The highest BCUT2D eigenvalue weighted by Gasteiger charge is 2.15. The molecule has 2 aromatic carbocycles. The number of para-hydroxylation sites is 1. The largest absolute Gasteiger partial charge is 0.490 e. The van der Waals surface area contributed by atoms with Crippen LogP contribution in [0.25, 0.3) is 0 Å². The van der Waals surface area contributed by atoms with Crippen LogP contribution >= 0.6 is 15.9 Å². The van der Waals surface area contributed by atoms with Gasteiger partial charge in [-0.05, 0) is 35.0 Å². The van der Waals surface area contributed by atoms with Crippen LogP contribution in [0.1, 0.15) is 17.3 Å². The van der Waals surface area contributed by atoms with Crippen LogP contribution in [0.4, 0.5) is 5.69 Å². The molecule has 0 atom stereocenters. The van der Waals surface area contributed by atoms with E-state index in [2.05, 4.69) is 15.9 Å². The van der Waals surface area contributed by atoms with Crippen LogP contribution in [-0.2, 0) is 0 Å². The van der Waals surface area contributed by atoms with E-state index in [1.54, 1.807) is 18.2 Å². The molecule has 120 valence electrons. The van der Waals surface area contributed by atoms with E-state index in [4.69, 9.17) is 9.47 Å². The number of hydrogen-bond acceptors (Lipinski definition) is 5. The molecule has 0 N–H and O–H groups in total. The number of carbonyl (C=O) groups excluding carboxylic acids is 1. The zero-order valence-corrected chi connectivity index (χ0v) is 13.9. The predicted octanol–water partition coefficient (Wildman–Crippen LogP) is 4.02. The number of benzene rings is 2. The minimum absolute atomic E-state index is 0.133. The van der Waals surface area contributed by atoms with Gasteiger partial charge in [-0.25, -0.2) is 0 Å². The van der Waals surface area contributed by atoms with E-state index in [9.17, 15) is 14.9 Å². The van der Waals surface area contributed by atoms with Crippen molar-refractivity contribution in [3.8, 4) is 11.5 Å². The molecule has 0 saturated heterocycles. The molecule has 0 aliphatic rings. The average molecular weight is 380 g/mol. The molecule has 0 bridgehead atoms. The summed E-state index contributed by atoms with van der Waals surface area (Å²) in [6, 6.07) is 10.9. The van der Waals surface area contributed by atoms with Gasteiger partial charge in [0.05, 0.1) is 16.0 Å². The summed E-state index contributed by atoms with van der Waals surface area (Å²) in [6.07, 6.45) is 0. The van der Waals surface area contributed by atoms with Gasteiger partial charge in [-0.1, -0.05) is 18.2 Å². The Morgan fingerprint density at radius 1 is 1.22 bits per heavy atom. The lowest BCUT2D eigenvalue weighted by atomic mass is 10.1. The van der Waals surface area contributed by atoms with Gasteiger partial charge in [-0.15, -0.1) is 0 Å². The number of ketones is 1. The van der Waals surface area contributed by atoms with Gasteiger partial charge in [0.1, 0.15) is 0 Å². The topological polar surface area (TPSA) is 78.7 Å². The zero-order chi connectivity index (χ0) is 16.8. The number of hydrogen-bond donors (Lipinski definition) is 0. The van der Waals surface area contributed by atoms with Gasteiger partial charge in [0.2, 0.25) is 0 Å². The number of ether oxygens (including phenoxy) is 2. The van der Waals surface area contributed by atoms with Crippen LogP contribution in [0.15, 0.2) is 46.9 Å². The fraction of sp³-hybridized carbons (Fsp3) is 0.188. The molecule has 0 radical (unpaired) electrons. The number of non-ortho nitro benzene ring substituents is 1. The van der Waals surface area contributed by atoms with Crippen molar-refractivity contribution in [3.63, 3.8) is 0 Å². The molecule has 0 amide bonds. The Morgan fingerprint density at radius 2 is 1.96 bits per heavy atom. The summed E-state index contributed by atoms with van der Waals surface area (Å²) in [5, 5.41) is 10.8. The molecule has 2 rings (SSSR count). The molecule has 23 heavy (non-hydrogen) atoms. The summed E-state index contributed by atoms with van der Waals surface area (Å²) >= 11 is 3.35. The fourth-order valence-electron chi connectivity index (χ4n) is 1.91. The van der Waals surface area contributed by atoms with E-state index in [1.165, 1.54) is 24.3 Å². The maximum absolute atomic E-state index is 12.2. The van der Waals surface area contributed by atoms with Gasteiger partial charge in [-0.2, -0.15) is 0 Å². The minimum atomic E-state index is -0.543. The maximum Gasteiger partial charge on any atom is 0.270 e. The average Bonchev–Trinajstić information content (AvgIpc) is 2.54. The van der Waals surface area contributed by atoms with Crippen LogP contribution in [0.3, 0.4) is 0 Å². The fourth-order valence-corrected chi connectivity index (χ4v) is 2.37. The highest BCUT2D eigenvalue weighted by molar-refractivity contribution is 9.10. The lowest BCUT2D eigenvalue weighted by Gasteiger charge is -2.12. The molecule has 0 unspecified atom stereocenters. The lowest BCUT2D eigenvalue weighted by Crippen LogP contribution is -2.12. The maximum atomic E-state index is 12.2. The lowest BCUT2D eigenvalue weighted by molar-refractivity contribution is -0.384. The molecule has 2 aromatic rings. The van der Waals surface area contributed by atoms with Crippen LogP contribution in [0.5, 0.6) is 11.5 Å². The molecule has 0 aliphatic heterocycles. The third kappa shape index (κ3) is 4.29. The number of halogens is 1. The first-order chi connectivity index (χ1) is 11.0. The first-order valence-corrected chi connectivity index (χ1v) is 7.64. The van der Waals surface area contributed by atoms with Crippen molar-refractivity contribution in [2.24, 2.45) is 0 Å². The summed E-state index contributed by atoms with van der Waals surface area (Å²) < 4.78 is 11.7. The quantitative estimate of drug-likeness (QED) is 0.412. The summed E-state index contributed by atoms with van der Waals surface area (Å²) in [5.74, 6) is 0.591. The van der Waals surface area contributed by atoms with Crippen molar-refractivity contribution in [1.82, 2.24) is 0 Å². The van der Waals surface area contributed by atoms with Crippen LogP contribution in [0, 0.1) is 10.1 Å². The standard InChI is InChI=1S/C16H14BrNO5/c1-2-22-15-8-4-7-13(17)16(15)23-10-14(19)11-5-3-6-12(9-11)18(20)21/h3-9H,2,10H2,1H3. The molecule has 0 aromatic heterocycles. The zero-order valence-electron chi connectivity index (χ0n) is 12.3. The van der Waals surface area contributed by atoms with Crippen molar-refractivity contribution in [3.05, 3.63) is 62.6 Å². The van der Waals surface area contributed by atoms with Crippen molar-refractivity contribution in [1.29, 1.82) is 0 Å². The smallest absolute Gasteiger partial charge is 0.270 e. The summed E-state index contributed by atoms with van der Waals surface area (Å²) in [7, 11) is 0. The van der Waals surface area contributed by atoms with Crippen LogP contribution < -0.4 is 9.47 Å². The van der Waals surface area contributed by atoms with E-state index in [0.29, 0.717) is 22.6 Å². The Kier molecular flexibility index (Phi) is 5.70. The molecule has 7 heteroatoms. The van der Waals surface area contributed by atoms with Crippen molar-refractivity contribution in [2.75, 3.05) is 13.2 Å². The van der Waals surface area contributed by atoms with Crippen LogP contribution in [-0.4, -0.2) is 23.9 Å². The highest BCUT2D eigenvalue weighted by Crippen LogP contribution is 2.35. The van der Waals surface area contributed by atoms with E-state index >= 15 is 0 Å². The van der Waals surface area contributed by atoms with E-state index < -0.39 is 4.92 Å². The molecule has 0 heterocycles. The number of nitro benzene ring substituents is 1. The molecule has 6 nitrogen and oxygen atoms in total. The Morgan fingerprint density at radius 3 is 2.65 bits per heavy atom. The Hall–Kier alpha value is -2.41. The van der Waals surface area contributed by atoms with Crippen molar-refractivity contribution in [2.45, 2.75) is 6.92 Å². The van der Waals surface area contributed by atoms with E-state index in [0.717, 1.165) is 0 Å². The SMILES string of the molecule is CCOc1cccc(Br)c1OCC(=O)c1cccc([N+](=O)[O-])c1. The highest BCUT2D eigenvalue weighted by atomic mass is 79.9. The second-order valence-electron chi connectivity index (χ2n) is 4.52. The van der Waals surface area contributed by atoms with Crippen LogP contribution in [0.2, 0.25) is 0 Å². The molecular weight excluding hydrogens is 366 g/mol. The Balaban J connectivity index is 2.13. The number of rotatable bonds is 7. The normalized spacial score (nSPS) is 10.2. The van der Waals surface area contributed by atoms with E-state index in [-0.39, 0.29) is 23.6 Å². The Labute approximate surface area is 141 Å². The number of carbonyl (C=O) groups is 1. The van der Waals surface area contributed by atoms with Crippen molar-refractivity contribution >= 4 is 27.4 Å². The van der Waals surface area contributed by atoms with Gasteiger partial charge >= 0.3 is 0 Å². The molecule has 0 spiro atoms. The van der Waals surface area contributed by atoms with Gasteiger partial charge in [-0.3, -0.25) is 14.9 Å². The second-order valence-corrected chi connectivity index (χ2v) is 5.37. The van der Waals surface area contributed by atoms with Gasteiger partial charge in [0.15, 0.2) is 23.9 Å². The number of nitrogens with zero attached hydrogens (tertiary/aromatic N) is 1. The van der Waals surface area contributed by atoms with Crippen molar-refractivity contribution < 1.29 is 19.2 Å². The monoisotopic (exact) mass is 379 g/mol. The van der Waals surface area contributed by atoms with Gasteiger partial charge in [0.25, 0.3) is 5.69 Å². The first-order valence-electron chi connectivity index (χ1n) is 6.84. The summed E-state index contributed by atoms with van der Waals surface area (Å²) in [6.45, 7) is 2.06. The summed E-state index contributed by atoms with van der Waals surface area (Å²) in [5.41, 5.74) is 0.0935. The number of nitro groups is 1. The molecule has 0 saturated carbocycles. The predicted molar refractivity (Wildman–Crippen MR) is 88.2 cm³/mol. The first kappa shape index (κ1) is 17.0. The Bertz CT molecular complexity index is 732. The van der Waals surface area contributed by atoms with Gasteiger partial charge in [0, 0.05) is 17.7 Å². The number of Topliss-reactive ketones (excluding diaryl/α,β-unsaturated/α-hetero) is 1. The molecule has 0 aliphatic carbocycles. The van der Waals surface area contributed by atoms with E-state index in [1.807, 2.05) is 6.92 Å². The second kappa shape index (κ2) is 7.73. The third-order valence-electron chi connectivity index (χ3n) is 2.96. The molecular formula is C16H14BrNO5. The third-order valence-corrected chi connectivity index (χ3v) is 3.58. The summed E-state index contributed by atoms with van der Waals surface area (Å²) in [4.78, 5) is 22.4. The molecule has 0 fully saturated rings. The minimum Gasteiger partial charge on any atom is -0.490 e. The van der Waals surface area contributed by atoms with Gasteiger partial charge < -0.3 is 9.47 Å².